The third kappa shape index (κ3) is 3.47. The van der Waals surface area contributed by atoms with Gasteiger partial charge >= 0.3 is 5.97 Å². The van der Waals surface area contributed by atoms with Gasteiger partial charge in [0.1, 0.15) is 18.2 Å². The minimum atomic E-state index is -0.904. The van der Waals surface area contributed by atoms with E-state index in [0.29, 0.717) is 11.3 Å². The van der Waals surface area contributed by atoms with Crippen LogP contribution in [0.25, 0.3) is 0 Å². The van der Waals surface area contributed by atoms with Crippen molar-refractivity contribution in [2.45, 2.75) is 13.0 Å². The van der Waals surface area contributed by atoms with Gasteiger partial charge < -0.3 is 15.6 Å². The van der Waals surface area contributed by atoms with Crippen LogP contribution in [0.2, 0.25) is 0 Å². The lowest BCUT2D eigenvalue weighted by atomic mass is 10.1. The Bertz CT molecular complexity index is 628. The van der Waals surface area contributed by atoms with Crippen molar-refractivity contribution in [2.75, 3.05) is 5.73 Å². The third-order valence-electron chi connectivity index (χ3n) is 2.82. The molecule has 0 aliphatic heterocycles. The molecule has 0 heterocycles. The zero-order valence-electron chi connectivity index (χ0n) is 10.7. The first-order valence-corrected chi connectivity index (χ1v) is 6.02. The second kappa shape index (κ2) is 6.06. The van der Waals surface area contributed by atoms with Gasteiger partial charge in [-0.05, 0) is 23.3 Å². The third-order valence-corrected chi connectivity index (χ3v) is 2.82. The number of carboxylic acid groups (broad SMARTS) is 1. The van der Waals surface area contributed by atoms with Crippen molar-refractivity contribution in [3.8, 4) is 5.75 Å². The molecule has 0 amide bonds. The Hall–Kier alpha value is -2.56. The van der Waals surface area contributed by atoms with Crippen molar-refractivity contribution in [1.82, 2.24) is 0 Å². The lowest BCUT2D eigenvalue weighted by Gasteiger charge is -2.11. The molecular weight excluding hydrogens is 261 g/mol. The van der Waals surface area contributed by atoms with Gasteiger partial charge in [0, 0.05) is 6.07 Å². The van der Waals surface area contributed by atoms with E-state index >= 15 is 0 Å². The molecule has 0 aliphatic carbocycles. The Morgan fingerprint density at radius 1 is 1.20 bits per heavy atom. The molecule has 3 N–H and O–H groups in total. The van der Waals surface area contributed by atoms with Crippen LogP contribution in [0.1, 0.15) is 11.1 Å². The van der Waals surface area contributed by atoms with Gasteiger partial charge in [0.2, 0.25) is 0 Å². The molecule has 0 atom stereocenters. The summed E-state index contributed by atoms with van der Waals surface area (Å²) in [5.41, 5.74) is 7.30. The molecule has 2 aromatic carbocycles. The second-order valence-electron chi connectivity index (χ2n) is 4.31. The lowest BCUT2D eigenvalue weighted by Crippen LogP contribution is -2.06. The highest BCUT2D eigenvalue weighted by Crippen LogP contribution is 2.23. The number of nitrogen functional groups attached to an aromatic ring is 1. The predicted octanol–water partition coefficient (Wildman–Crippen LogP) is 2.61. The summed E-state index contributed by atoms with van der Waals surface area (Å²) in [4.78, 5) is 10.8. The fourth-order valence-electron chi connectivity index (χ4n) is 1.84. The van der Waals surface area contributed by atoms with E-state index in [1.165, 1.54) is 18.2 Å². The fourth-order valence-corrected chi connectivity index (χ4v) is 1.84. The van der Waals surface area contributed by atoms with E-state index in [2.05, 4.69) is 0 Å². The number of hydrogen-bond donors (Lipinski definition) is 2. The molecule has 2 aromatic rings. The molecule has 0 fully saturated rings. The molecule has 0 aliphatic rings. The van der Waals surface area contributed by atoms with Gasteiger partial charge in [-0.3, -0.25) is 4.79 Å². The number of rotatable bonds is 5. The van der Waals surface area contributed by atoms with E-state index in [0.717, 1.165) is 5.56 Å². The topological polar surface area (TPSA) is 72.5 Å². The van der Waals surface area contributed by atoms with E-state index in [1.807, 2.05) is 0 Å². The van der Waals surface area contributed by atoms with Crippen molar-refractivity contribution >= 4 is 11.7 Å². The smallest absolute Gasteiger partial charge is 0.307 e. The largest absolute Gasteiger partial charge is 0.487 e. The number of benzene rings is 2. The molecule has 2 rings (SSSR count). The fraction of sp³-hybridized carbons (Fsp3) is 0.133. The number of aliphatic carboxylic acids is 1. The van der Waals surface area contributed by atoms with Crippen LogP contribution >= 0.6 is 0 Å². The van der Waals surface area contributed by atoms with Gasteiger partial charge in [-0.1, -0.05) is 24.3 Å². The van der Waals surface area contributed by atoms with Crippen LogP contribution in [0.3, 0.4) is 0 Å². The van der Waals surface area contributed by atoms with Gasteiger partial charge in [-0.2, -0.15) is 0 Å². The average Bonchev–Trinajstić information content (AvgIpc) is 2.39. The number of anilines is 1. The lowest BCUT2D eigenvalue weighted by molar-refractivity contribution is -0.136. The summed E-state index contributed by atoms with van der Waals surface area (Å²) in [7, 11) is 0. The second-order valence-corrected chi connectivity index (χ2v) is 4.31. The molecule has 0 saturated heterocycles. The van der Waals surface area contributed by atoms with Gasteiger partial charge in [-0.25, -0.2) is 4.39 Å². The number of nitrogens with two attached hydrogens (primary N) is 1. The van der Waals surface area contributed by atoms with Gasteiger partial charge in [0.25, 0.3) is 0 Å². The van der Waals surface area contributed by atoms with Crippen molar-refractivity contribution in [3.63, 3.8) is 0 Å². The van der Waals surface area contributed by atoms with Gasteiger partial charge in [0.15, 0.2) is 0 Å². The molecule has 20 heavy (non-hydrogen) atoms. The van der Waals surface area contributed by atoms with E-state index in [4.69, 9.17) is 15.6 Å². The summed E-state index contributed by atoms with van der Waals surface area (Å²) in [6, 6.07) is 11.0. The van der Waals surface area contributed by atoms with Crippen molar-refractivity contribution in [2.24, 2.45) is 0 Å². The maximum absolute atomic E-state index is 12.9. The van der Waals surface area contributed by atoms with Crippen LogP contribution in [0, 0.1) is 5.82 Å². The van der Waals surface area contributed by atoms with Gasteiger partial charge in [-0.15, -0.1) is 0 Å². The summed E-state index contributed by atoms with van der Waals surface area (Å²) >= 11 is 0. The van der Waals surface area contributed by atoms with E-state index < -0.39 is 11.8 Å². The molecule has 104 valence electrons. The summed E-state index contributed by atoms with van der Waals surface area (Å²) in [6.07, 6.45) is -0.0710. The monoisotopic (exact) mass is 275 g/mol. The standard InChI is InChI=1S/C15H14FNO3/c16-12-5-6-14(13(17)8-12)20-9-11-4-2-1-3-10(11)7-15(18)19/h1-6,8H,7,9,17H2,(H,18,19). The Labute approximate surface area is 115 Å². The van der Waals surface area contributed by atoms with Crippen LogP contribution in [-0.2, 0) is 17.8 Å². The minimum Gasteiger partial charge on any atom is -0.487 e. The number of halogens is 1. The molecular formula is C15H14FNO3. The van der Waals surface area contributed by atoms with Crippen LogP contribution < -0.4 is 10.5 Å². The highest BCUT2D eigenvalue weighted by Gasteiger charge is 2.08. The molecule has 0 aromatic heterocycles. The van der Waals surface area contributed by atoms with Crippen LogP contribution in [-0.4, -0.2) is 11.1 Å². The maximum atomic E-state index is 12.9. The first-order valence-electron chi connectivity index (χ1n) is 6.02. The number of carbonyl (C=O) groups is 1. The minimum absolute atomic E-state index is 0.0710. The van der Waals surface area contributed by atoms with Crippen molar-refractivity contribution in [1.29, 1.82) is 0 Å². The average molecular weight is 275 g/mol. The highest BCUT2D eigenvalue weighted by atomic mass is 19.1. The first kappa shape index (κ1) is 13.9. The normalized spacial score (nSPS) is 10.2. The molecule has 0 spiro atoms. The van der Waals surface area contributed by atoms with Crippen LogP contribution in [0.4, 0.5) is 10.1 Å². The van der Waals surface area contributed by atoms with Crippen molar-refractivity contribution < 1.29 is 19.0 Å². The number of carboxylic acids is 1. The van der Waals surface area contributed by atoms with Crippen LogP contribution in [0.15, 0.2) is 42.5 Å². The summed E-state index contributed by atoms with van der Waals surface area (Å²) in [5, 5.41) is 8.85. The van der Waals surface area contributed by atoms with Gasteiger partial charge in [0.05, 0.1) is 12.1 Å². The Kier molecular flexibility index (Phi) is 4.20. The van der Waals surface area contributed by atoms with Crippen molar-refractivity contribution in [3.05, 3.63) is 59.4 Å². The molecule has 0 saturated carbocycles. The molecule has 0 unspecified atom stereocenters. The summed E-state index contributed by atoms with van der Waals surface area (Å²) < 4.78 is 18.4. The van der Waals surface area contributed by atoms with Crippen LogP contribution in [0.5, 0.6) is 5.75 Å². The number of ether oxygens (including phenoxy) is 1. The summed E-state index contributed by atoms with van der Waals surface area (Å²) in [5.74, 6) is -0.962. The molecule has 4 nitrogen and oxygen atoms in total. The Morgan fingerprint density at radius 3 is 2.55 bits per heavy atom. The highest BCUT2D eigenvalue weighted by molar-refractivity contribution is 5.70. The SMILES string of the molecule is Nc1cc(F)ccc1OCc1ccccc1CC(=O)O. The van der Waals surface area contributed by atoms with E-state index in [-0.39, 0.29) is 18.7 Å². The Balaban J connectivity index is 2.12. The maximum Gasteiger partial charge on any atom is 0.307 e. The number of hydrogen-bond acceptors (Lipinski definition) is 3. The summed E-state index contributed by atoms with van der Waals surface area (Å²) in [6.45, 7) is 0.180. The molecule has 0 bridgehead atoms. The molecule has 5 heteroatoms. The first-order chi connectivity index (χ1) is 9.56. The quantitative estimate of drug-likeness (QED) is 0.823. The van der Waals surface area contributed by atoms with E-state index in [9.17, 15) is 9.18 Å². The predicted molar refractivity (Wildman–Crippen MR) is 72.9 cm³/mol. The van der Waals surface area contributed by atoms with E-state index in [1.54, 1.807) is 24.3 Å². The zero-order valence-corrected chi connectivity index (χ0v) is 10.7. The molecule has 0 radical (unpaired) electrons. The zero-order chi connectivity index (χ0) is 14.5. The Morgan fingerprint density at radius 2 is 1.90 bits per heavy atom.